The molecule has 0 saturated carbocycles. The Morgan fingerprint density at radius 2 is 1.29 bits per heavy atom. The molecule has 0 aliphatic heterocycles. The molecule has 0 spiro atoms. The van der Waals surface area contributed by atoms with Gasteiger partial charge >= 0.3 is 110 Å². The Bertz CT molecular complexity index is 399. The minimum absolute atomic E-state index is 1.00. The Labute approximate surface area is 109 Å². The monoisotopic (exact) mass is 310 g/mol. The predicted molar refractivity (Wildman–Crippen MR) is 66.9 cm³/mol. The van der Waals surface area contributed by atoms with Gasteiger partial charge in [-0.3, -0.25) is 0 Å². The van der Waals surface area contributed by atoms with Gasteiger partial charge in [0, 0.05) is 0 Å². The molecule has 0 N–H and O–H groups in total. The van der Waals surface area contributed by atoms with Crippen molar-refractivity contribution < 1.29 is 26.8 Å². The molecule has 0 bridgehead atoms. The fourth-order valence-corrected chi connectivity index (χ4v) is 11.4. The van der Waals surface area contributed by atoms with Crippen LogP contribution < -0.4 is 0 Å². The third kappa shape index (κ3) is 2.09. The molecule has 0 atom stereocenters. The van der Waals surface area contributed by atoms with Crippen LogP contribution in [0.2, 0.25) is 0 Å². The van der Waals surface area contributed by atoms with E-state index in [4.69, 9.17) is 5.63 Å². The summed E-state index contributed by atoms with van der Waals surface area (Å²) in [6, 6.07) is 0. The van der Waals surface area contributed by atoms with Crippen molar-refractivity contribution in [3.63, 3.8) is 0 Å². The average Bonchev–Trinajstić information content (AvgIpc) is 2.93. The molecule has 0 fully saturated rings. The molecule has 0 unspecified atom stereocenters. The molecular formula is C14H20O2Zr. The van der Waals surface area contributed by atoms with Gasteiger partial charge in [-0.2, -0.15) is 0 Å². The van der Waals surface area contributed by atoms with Gasteiger partial charge in [0.05, 0.1) is 0 Å². The van der Waals surface area contributed by atoms with Gasteiger partial charge < -0.3 is 0 Å². The van der Waals surface area contributed by atoms with Crippen LogP contribution in [0.25, 0.3) is 0 Å². The molecule has 2 aliphatic rings. The summed E-state index contributed by atoms with van der Waals surface area (Å²) < 4.78 is 14.8. The molecule has 0 radical (unpaired) electrons. The Morgan fingerprint density at radius 1 is 0.882 bits per heavy atom. The number of allylic oxidation sites excluding steroid dienone is 8. The molecule has 0 aromatic rings. The van der Waals surface area contributed by atoms with E-state index in [1.807, 2.05) is 14.2 Å². The summed E-state index contributed by atoms with van der Waals surface area (Å²) in [5, 5.41) is 0. The number of hydrogen-bond donors (Lipinski definition) is 0. The van der Waals surface area contributed by atoms with E-state index in [1.165, 1.54) is 17.7 Å². The van der Waals surface area contributed by atoms with Gasteiger partial charge in [0.15, 0.2) is 0 Å². The predicted octanol–water partition coefficient (Wildman–Crippen LogP) is 3.73. The molecule has 2 aliphatic carbocycles. The van der Waals surface area contributed by atoms with Gasteiger partial charge in [-0.05, 0) is 0 Å². The molecule has 0 aromatic carbocycles. The van der Waals surface area contributed by atoms with Crippen molar-refractivity contribution in [3.05, 3.63) is 42.0 Å². The van der Waals surface area contributed by atoms with Crippen LogP contribution in [-0.2, 0) is 26.8 Å². The van der Waals surface area contributed by atoms with Crippen molar-refractivity contribution >= 4 is 0 Å². The van der Waals surface area contributed by atoms with Crippen molar-refractivity contribution in [3.8, 4) is 0 Å². The van der Waals surface area contributed by atoms with Crippen LogP contribution >= 0.6 is 0 Å². The Morgan fingerprint density at radius 3 is 1.53 bits per heavy atom. The van der Waals surface area contributed by atoms with Gasteiger partial charge in [0.2, 0.25) is 0 Å². The van der Waals surface area contributed by atoms with Crippen molar-refractivity contribution in [1.29, 1.82) is 0 Å². The van der Waals surface area contributed by atoms with Crippen LogP contribution in [0.5, 0.6) is 0 Å². The second-order valence-corrected chi connectivity index (χ2v) is 12.6. The van der Waals surface area contributed by atoms with E-state index in [9.17, 15) is 0 Å². The Hall–Kier alpha value is -0.237. The van der Waals surface area contributed by atoms with Crippen LogP contribution in [0.3, 0.4) is 0 Å². The summed E-state index contributed by atoms with van der Waals surface area (Å²) in [6.45, 7) is 4.33. The van der Waals surface area contributed by atoms with Crippen molar-refractivity contribution in [2.24, 2.45) is 0 Å². The molecule has 0 saturated heterocycles. The van der Waals surface area contributed by atoms with E-state index in [0.29, 0.717) is 0 Å². The molecule has 17 heavy (non-hydrogen) atoms. The summed E-state index contributed by atoms with van der Waals surface area (Å²) in [6.07, 6.45) is 10.8. The fraction of sp³-hybridized carbons (Fsp3) is 0.429. The average molecular weight is 312 g/mol. The Balaban J connectivity index is 2.48. The standard InChI is InChI=1S/2C6H7.2CH3O.Zr/c2*1-6-4-2-3-5-6;2*1-2;/h2*2,4H,3H2,1H3;2*1H3;/q;;2*-1;+2. The van der Waals surface area contributed by atoms with E-state index < -0.39 is 21.1 Å². The first-order chi connectivity index (χ1) is 8.15. The Kier molecular flexibility index (Phi) is 4.02. The van der Waals surface area contributed by atoms with E-state index in [-0.39, 0.29) is 0 Å². The van der Waals surface area contributed by atoms with E-state index in [2.05, 4.69) is 38.2 Å². The summed E-state index contributed by atoms with van der Waals surface area (Å²) in [5.41, 5.74) is 2.69. The molecule has 2 nitrogen and oxygen atoms in total. The van der Waals surface area contributed by atoms with Gasteiger partial charge in [-0.1, -0.05) is 0 Å². The SMILES string of the molecule is C[O][Zr]([O]C)([C]1=C(C)C=CC1)[C]1=C(C)C=CC1. The zero-order valence-electron chi connectivity index (χ0n) is 11.0. The minimum atomic E-state index is -3.23. The third-order valence-corrected chi connectivity index (χ3v) is 13.4. The van der Waals surface area contributed by atoms with Crippen LogP contribution in [0, 0.1) is 0 Å². The zero-order valence-corrected chi connectivity index (χ0v) is 13.5. The van der Waals surface area contributed by atoms with Gasteiger partial charge in [-0.25, -0.2) is 0 Å². The summed E-state index contributed by atoms with van der Waals surface area (Å²) >= 11 is -3.23. The second-order valence-electron chi connectivity index (χ2n) is 4.56. The molecule has 0 heterocycles. The maximum atomic E-state index is 5.99. The summed E-state index contributed by atoms with van der Waals surface area (Å²) in [5.74, 6) is 0. The molecule has 2 rings (SSSR count). The van der Waals surface area contributed by atoms with Crippen LogP contribution in [0.1, 0.15) is 26.7 Å². The van der Waals surface area contributed by atoms with Crippen LogP contribution in [0.4, 0.5) is 0 Å². The van der Waals surface area contributed by atoms with Gasteiger partial charge in [0.1, 0.15) is 0 Å². The van der Waals surface area contributed by atoms with E-state index in [1.54, 1.807) is 0 Å². The zero-order chi connectivity index (χ0) is 12.5. The quantitative estimate of drug-likeness (QED) is 0.787. The fourth-order valence-electron chi connectivity index (χ4n) is 2.78. The second kappa shape index (κ2) is 5.18. The van der Waals surface area contributed by atoms with E-state index >= 15 is 0 Å². The topological polar surface area (TPSA) is 18.5 Å². The number of rotatable bonds is 4. The van der Waals surface area contributed by atoms with Gasteiger partial charge in [-0.15, -0.1) is 0 Å². The first kappa shape index (κ1) is 13.2. The molecule has 3 heteroatoms. The van der Waals surface area contributed by atoms with Crippen molar-refractivity contribution in [2.75, 3.05) is 14.2 Å². The van der Waals surface area contributed by atoms with Crippen molar-refractivity contribution in [2.45, 2.75) is 26.7 Å². The molecule has 0 aromatic heterocycles. The van der Waals surface area contributed by atoms with Gasteiger partial charge in [0.25, 0.3) is 0 Å². The van der Waals surface area contributed by atoms with E-state index in [0.717, 1.165) is 12.8 Å². The summed E-state index contributed by atoms with van der Waals surface area (Å²) in [7, 11) is 3.63. The number of hydrogen-bond acceptors (Lipinski definition) is 2. The first-order valence-electron chi connectivity index (χ1n) is 5.99. The first-order valence-corrected chi connectivity index (χ1v) is 10.5. The maximum absolute atomic E-state index is 5.99. The van der Waals surface area contributed by atoms with Crippen molar-refractivity contribution in [1.82, 2.24) is 0 Å². The summed E-state index contributed by atoms with van der Waals surface area (Å²) in [4.78, 5) is 0. The molecule has 0 amide bonds. The third-order valence-electron chi connectivity index (χ3n) is 3.70. The van der Waals surface area contributed by atoms with Crippen LogP contribution in [0.15, 0.2) is 42.0 Å². The normalized spacial score (nSPS) is 20.0. The molecular weight excluding hydrogens is 291 g/mol. The molecule has 92 valence electrons. The van der Waals surface area contributed by atoms with Crippen LogP contribution in [-0.4, -0.2) is 14.2 Å².